The predicted octanol–water partition coefficient (Wildman–Crippen LogP) is 4.96. The zero-order chi connectivity index (χ0) is 22.4. The van der Waals surface area contributed by atoms with E-state index in [1.54, 1.807) is 12.1 Å². The van der Waals surface area contributed by atoms with Crippen molar-refractivity contribution in [2.75, 3.05) is 0 Å². The molecule has 162 valence electrons. The van der Waals surface area contributed by atoms with Gasteiger partial charge in [-0.05, 0) is 73.1 Å². The topological polar surface area (TPSA) is 113 Å². The normalized spacial score (nSPS) is 12.2. The number of benzene rings is 2. The number of phenolic OH excluding ortho intramolecular Hbond substituents is 1. The second-order valence-corrected chi connectivity index (χ2v) is 8.66. The smallest absolute Gasteiger partial charge is 0.342 e. The fourth-order valence-electron chi connectivity index (χ4n) is 3.05. The van der Waals surface area contributed by atoms with Crippen molar-refractivity contribution in [3.05, 3.63) is 52.1 Å². The Kier molecular flexibility index (Phi) is 9.37. The second kappa shape index (κ2) is 10.8. The molecule has 5 N–H and O–H groups in total. The van der Waals surface area contributed by atoms with Gasteiger partial charge < -0.3 is 25.4 Å². The largest absolute Gasteiger partial charge is 0.507 e. The first-order chi connectivity index (χ1) is 13.6. The summed E-state index contributed by atoms with van der Waals surface area (Å²) in [7, 11) is -4.33. The molecular formula is C22H34NO5P. The van der Waals surface area contributed by atoms with Gasteiger partial charge in [-0.3, -0.25) is 4.57 Å². The summed E-state index contributed by atoms with van der Waals surface area (Å²) in [5.74, 6) is 0.432. The van der Waals surface area contributed by atoms with Crippen molar-refractivity contribution in [1.82, 2.24) is 0 Å². The lowest BCUT2D eigenvalue weighted by atomic mass is 9.98. The van der Waals surface area contributed by atoms with Gasteiger partial charge in [0, 0.05) is 0 Å². The number of aromatic hydroxyl groups is 1. The molecule has 6 nitrogen and oxygen atoms in total. The van der Waals surface area contributed by atoms with Gasteiger partial charge in [0.05, 0.1) is 0 Å². The van der Waals surface area contributed by atoms with Crippen LogP contribution in [0.2, 0.25) is 0 Å². The van der Waals surface area contributed by atoms with Crippen LogP contribution in [0.5, 0.6) is 17.2 Å². The van der Waals surface area contributed by atoms with Gasteiger partial charge in [-0.1, -0.05) is 39.8 Å². The number of rotatable bonds is 7. The third-order valence-electron chi connectivity index (χ3n) is 4.63. The first-order valence-corrected chi connectivity index (χ1v) is 11.7. The summed E-state index contributed by atoms with van der Waals surface area (Å²) in [6.45, 7) is 11.6. The summed E-state index contributed by atoms with van der Waals surface area (Å²) in [5.41, 5.74) is 9.82. The van der Waals surface area contributed by atoms with Gasteiger partial charge in [-0.2, -0.15) is 0 Å². The summed E-state index contributed by atoms with van der Waals surface area (Å²) in [5, 5.41) is 9.95. The summed E-state index contributed by atoms with van der Waals surface area (Å²) >= 11 is 0. The van der Waals surface area contributed by atoms with Crippen LogP contribution in [0, 0.1) is 13.8 Å². The molecule has 0 aliphatic rings. The van der Waals surface area contributed by atoms with Crippen molar-refractivity contribution in [3.63, 3.8) is 0 Å². The van der Waals surface area contributed by atoms with E-state index in [9.17, 15) is 19.5 Å². The van der Waals surface area contributed by atoms with Crippen LogP contribution in [-0.2, 0) is 23.8 Å². The van der Waals surface area contributed by atoms with E-state index < -0.39 is 13.4 Å². The minimum atomic E-state index is -4.33. The van der Waals surface area contributed by atoms with Gasteiger partial charge in [0.15, 0.2) is 0 Å². The number of hydrogen-bond acceptors (Lipinski definition) is 4. The highest BCUT2D eigenvalue weighted by molar-refractivity contribution is 7.52. The van der Waals surface area contributed by atoms with Gasteiger partial charge in [0.1, 0.15) is 23.0 Å². The van der Waals surface area contributed by atoms with Gasteiger partial charge in [-0.25, -0.2) is 0 Å². The van der Waals surface area contributed by atoms with Gasteiger partial charge in [0.25, 0.3) is 0 Å². The predicted molar refractivity (Wildman–Crippen MR) is 118 cm³/mol. The highest BCUT2D eigenvalue weighted by atomic mass is 31.2. The van der Waals surface area contributed by atoms with Crippen LogP contribution < -0.4 is 10.5 Å². The van der Waals surface area contributed by atoms with E-state index in [0.29, 0.717) is 18.6 Å². The van der Waals surface area contributed by atoms with Crippen LogP contribution in [-0.4, -0.2) is 20.7 Å². The van der Waals surface area contributed by atoms with Crippen molar-refractivity contribution in [3.8, 4) is 17.2 Å². The number of aryl methyl sites for hydroxylation is 4. The molecule has 2 rings (SSSR count). The molecule has 2 aromatic rings. The average Bonchev–Trinajstić information content (AvgIpc) is 2.67. The third kappa shape index (κ3) is 6.58. The maximum Gasteiger partial charge on any atom is 0.342 e. The number of phenols is 1. The van der Waals surface area contributed by atoms with E-state index in [2.05, 4.69) is 0 Å². The lowest BCUT2D eigenvalue weighted by Gasteiger charge is -2.19. The van der Waals surface area contributed by atoms with E-state index in [4.69, 9.17) is 10.5 Å². The van der Waals surface area contributed by atoms with Crippen LogP contribution in [0.25, 0.3) is 0 Å². The summed E-state index contributed by atoms with van der Waals surface area (Å²) in [4.78, 5) is 18.5. The third-order valence-corrected chi connectivity index (χ3v) is 5.67. The van der Waals surface area contributed by atoms with Crippen LogP contribution in [0.1, 0.15) is 55.5 Å². The SMILES string of the molecule is CC.CCc1cc(CC(N)P(=O)(O)O)cc(CC)c1Oc1cc(C)c(O)c(C)c1. The van der Waals surface area contributed by atoms with E-state index in [1.165, 1.54) is 0 Å². The summed E-state index contributed by atoms with van der Waals surface area (Å²) in [6.07, 6.45) is 1.51. The lowest BCUT2D eigenvalue weighted by Crippen LogP contribution is -2.23. The highest BCUT2D eigenvalue weighted by Crippen LogP contribution is 2.41. The fraction of sp³-hybridized carbons (Fsp3) is 0.455. The Balaban J connectivity index is 0.00000204. The molecule has 2 aromatic carbocycles. The van der Waals surface area contributed by atoms with Gasteiger partial charge >= 0.3 is 7.60 Å². The van der Waals surface area contributed by atoms with Crippen molar-refractivity contribution in [2.24, 2.45) is 5.73 Å². The Morgan fingerprint density at radius 3 is 1.83 bits per heavy atom. The first kappa shape index (κ1) is 25.2. The monoisotopic (exact) mass is 423 g/mol. The van der Waals surface area contributed by atoms with Crippen LogP contribution in [0.3, 0.4) is 0 Å². The Bertz CT molecular complexity index is 827. The molecule has 0 saturated carbocycles. The summed E-state index contributed by atoms with van der Waals surface area (Å²) in [6, 6.07) is 7.37. The Hall–Kier alpha value is -1.85. The molecule has 7 heteroatoms. The zero-order valence-electron chi connectivity index (χ0n) is 18.2. The van der Waals surface area contributed by atoms with E-state index >= 15 is 0 Å². The standard InChI is InChI=1S/C20H28NO5P.C2H6/c1-5-15-9-14(11-18(21)27(23,24)25)10-16(6-2)20(15)26-17-7-12(3)19(22)13(4)8-17;1-2/h7-10,18,22H,5-6,11,21H2,1-4H3,(H2,23,24,25);1-2H3. The van der Waals surface area contributed by atoms with Crippen LogP contribution >= 0.6 is 7.60 Å². The number of nitrogens with two attached hydrogens (primary N) is 1. The molecule has 0 aliphatic carbocycles. The molecule has 0 radical (unpaired) electrons. The van der Waals surface area contributed by atoms with E-state index in [0.717, 1.165) is 33.6 Å². The molecule has 29 heavy (non-hydrogen) atoms. The van der Waals surface area contributed by atoms with Gasteiger partial charge in [0.2, 0.25) is 0 Å². The van der Waals surface area contributed by atoms with E-state index in [-0.39, 0.29) is 12.2 Å². The Labute approximate surface area is 173 Å². The van der Waals surface area contributed by atoms with Crippen molar-refractivity contribution >= 4 is 7.60 Å². The molecule has 0 bridgehead atoms. The molecule has 0 amide bonds. The number of hydrogen-bond donors (Lipinski definition) is 4. The zero-order valence-corrected chi connectivity index (χ0v) is 19.1. The molecular weight excluding hydrogens is 389 g/mol. The van der Waals surface area contributed by atoms with Crippen molar-refractivity contribution in [2.45, 2.75) is 66.6 Å². The van der Waals surface area contributed by atoms with Gasteiger partial charge in [-0.15, -0.1) is 0 Å². The lowest BCUT2D eigenvalue weighted by molar-refractivity contribution is 0.358. The Morgan fingerprint density at radius 2 is 1.45 bits per heavy atom. The average molecular weight is 423 g/mol. The highest BCUT2D eigenvalue weighted by Gasteiger charge is 2.25. The molecule has 1 atom stereocenters. The quantitative estimate of drug-likeness (QED) is 0.468. The molecule has 1 unspecified atom stereocenters. The fourth-order valence-corrected chi connectivity index (χ4v) is 3.50. The van der Waals surface area contributed by atoms with Crippen molar-refractivity contribution < 1.29 is 24.2 Å². The first-order valence-electron chi connectivity index (χ1n) is 10.00. The summed E-state index contributed by atoms with van der Waals surface area (Å²) < 4.78 is 17.5. The van der Waals surface area contributed by atoms with Crippen LogP contribution in [0.15, 0.2) is 24.3 Å². The molecule has 0 spiro atoms. The Morgan fingerprint density at radius 1 is 1.00 bits per heavy atom. The van der Waals surface area contributed by atoms with Crippen LogP contribution in [0.4, 0.5) is 0 Å². The molecule has 0 fully saturated rings. The maximum atomic E-state index is 11.4. The molecule has 0 aromatic heterocycles. The minimum Gasteiger partial charge on any atom is -0.507 e. The van der Waals surface area contributed by atoms with E-state index in [1.807, 2.05) is 53.7 Å². The molecule has 0 aliphatic heterocycles. The maximum absolute atomic E-state index is 11.4. The number of ether oxygens (including phenoxy) is 1. The molecule has 0 heterocycles. The van der Waals surface area contributed by atoms with Crippen molar-refractivity contribution in [1.29, 1.82) is 0 Å². The minimum absolute atomic E-state index is 0.0992. The second-order valence-electron chi connectivity index (χ2n) is 6.82. The molecule has 0 saturated heterocycles.